The van der Waals surface area contributed by atoms with Crippen molar-refractivity contribution in [2.75, 3.05) is 0 Å². The number of aryl methyl sites for hydroxylation is 1. The van der Waals surface area contributed by atoms with Gasteiger partial charge >= 0.3 is 0 Å². The lowest BCUT2D eigenvalue weighted by molar-refractivity contribution is -0.0672. The molecule has 0 spiro atoms. The van der Waals surface area contributed by atoms with Crippen molar-refractivity contribution in [3.63, 3.8) is 0 Å². The van der Waals surface area contributed by atoms with Crippen LogP contribution in [-0.4, -0.2) is 19.6 Å². The smallest absolute Gasteiger partial charge is 0.263 e. The topological polar surface area (TPSA) is 58.2 Å². The Morgan fingerprint density at radius 3 is 2.08 bits per heavy atom. The number of hydrogen-bond donors (Lipinski definition) is 2. The van der Waals surface area contributed by atoms with Gasteiger partial charge in [0.05, 0.1) is 4.90 Å². The van der Waals surface area contributed by atoms with Crippen LogP contribution in [0.4, 0.5) is 0 Å². The summed E-state index contributed by atoms with van der Waals surface area (Å²) in [4.78, 5) is 0.245. The molecule has 0 amide bonds. The summed E-state index contributed by atoms with van der Waals surface area (Å²) in [5.41, 5.74) is 1.31. The molecule has 1 atom stereocenters. The lowest BCUT2D eigenvalue weighted by Crippen LogP contribution is -2.57. The molecule has 0 aromatic heterocycles. The maximum atomic E-state index is 12.5. The van der Waals surface area contributed by atoms with Gasteiger partial charge in [-0.05, 0) is 99.9 Å². The molecule has 4 fully saturated rings. The lowest BCUT2D eigenvalue weighted by atomic mass is 9.48. The average molecular weight is 393 g/mol. The minimum Gasteiger partial charge on any atom is -0.359 e. The first-order chi connectivity index (χ1) is 12.3. The Morgan fingerprint density at radius 1 is 1.08 bits per heavy atom. The van der Waals surface area contributed by atoms with E-state index in [0.717, 1.165) is 23.3 Å². The van der Waals surface area contributed by atoms with Gasteiger partial charge in [-0.1, -0.05) is 17.7 Å². The van der Waals surface area contributed by atoms with Crippen molar-refractivity contribution in [3.05, 3.63) is 29.8 Å². The van der Waals surface area contributed by atoms with E-state index in [1.165, 1.54) is 38.5 Å². The van der Waals surface area contributed by atoms with Crippen LogP contribution in [0.3, 0.4) is 0 Å². The zero-order chi connectivity index (χ0) is 18.5. The fourth-order valence-electron chi connectivity index (χ4n) is 5.99. The van der Waals surface area contributed by atoms with E-state index in [4.69, 9.17) is 12.2 Å². The van der Waals surface area contributed by atoms with E-state index in [2.05, 4.69) is 17.0 Å². The summed E-state index contributed by atoms with van der Waals surface area (Å²) < 4.78 is 27.6. The van der Waals surface area contributed by atoms with Gasteiger partial charge in [0.25, 0.3) is 10.0 Å². The maximum absolute atomic E-state index is 12.5. The minimum atomic E-state index is -3.63. The molecule has 4 nitrogen and oxygen atoms in total. The normalized spacial score (nSPS) is 33.7. The van der Waals surface area contributed by atoms with Crippen molar-refractivity contribution >= 4 is 27.4 Å². The van der Waals surface area contributed by atoms with Crippen molar-refractivity contribution in [1.82, 2.24) is 10.0 Å². The summed E-state index contributed by atoms with van der Waals surface area (Å²) in [7, 11) is -3.63. The van der Waals surface area contributed by atoms with Gasteiger partial charge in [-0.15, -0.1) is 0 Å². The highest BCUT2D eigenvalue weighted by molar-refractivity contribution is 7.91. The second-order valence-electron chi connectivity index (χ2n) is 8.89. The molecule has 6 heteroatoms. The molecule has 5 rings (SSSR count). The molecule has 1 aromatic carbocycles. The van der Waals surface area contributed by atoms with Crippen LogP contribution < -0.4 is 10.0 Å². The van der Waals surface area contributed by atoms with Crippen LogP contribution in [0.15, 0.2) is 29.2 Å². The highest BCUT2D eigenvalue weighted by Gasteiger charge is 2.53. The molecule has 2 N–H and O–H groups in total. The molecule has 0 radical (unpaired) electrons. The maximum Gasteiger partial charge on any atom is 0.263 e. The van der Waals surface area contributed by atoms with Crippen LogP contribution in [0.5, 0.6) is 0 Å². The zero-order valence-electron chi connectivity index (χ0n) is 15.5. The number of benzene rings is 1. The second kappa shape index (κ2) is 6.48. The molecule has 4 saturated carbocycles. The lowest BCUT2D eigenvalue weighted by Gasteiger charge is -2.59. The van der Waals surface area contributed by atoms with Gasteiger partial charge in [0, 0.05) is 6.04 Å². The van der Waals surface area contributed by atoms with Gasteiger partial charge in [-0.3, -0.25) is 4.72 Å². The van der Waals surface area contributed by atoms with E-state index in [9.17, 15) is 8.42 Å². The van der Waals surface area contributed by atoms with Crippen LogP contribution in [0.25, 0.3) is 0 Å². The fourth-order valence-corrected chi connectivity index (χ4v) is 7.41. The predicted molar refractivity (Wildman–Crippen MR) is 107 cm³/mol. The SMILES string of the molecule is Cc1ccc(S(=O)(=O)NC(=S)N[C@@H](C)C23CC4CC(CC(C4)C2)C3)cc1. The Hall–Kier alpha value is -1.14. The number of sulfonamides is 1. The van der Waals surface area contributed by atoms with E-state index in [0.29, 0.717) is 0 Å². The van der Waals surface area contributed by atoms with Crippen LogP contribution in [-0.2, 0) is 10.0 Å². The second-order valence-corrected chi connectivity index (χ2v) is 11.0. The number of nitrogens with one attached hydrogen (secondary N) is 2. The summed E-state index contributed by atoms with van der Waals surface area (Å²) in [6, 6.07) is 7.02. The van der Waals surface area contributed by atoms with Crippen molar-refractivity contribution in [1.29, 1.82) is 0 Å². The van der Waals surface area contributed by atoms with Gasteiger partial charge in [-0.2, -0.15) is 0 Å². The summed E-state index contributed by atoms with van der Waals surface area (Å²) in [5, 5.41) is 3.53. The summed E-state index contributed by atoms with van der Waals surface area (Å²) in [6.07, 6.45) is 7.99. The molecule has 1 aromatic rings. The van der Waals surface area contributed by atoms with Gasteiger partial charge in [0.2, 0.25) is 0 Å². The van der Waals surface area contributed by atoms with Gasteiger partial charge in [0.15, 0.2) is 5.11 Å². The Balaban J connectivity index is 1.42. The number of rotatable bonds is 4. The fraction of sp³-hybridized carbons (Fsp3) is 0.650. The van der Waals surface area contributed by atoms with Gasteiger partial charge < -0.3 is 5.32 Å². The third kappa shape index (κ3) is 3.38. The third-order valence-electron chi connectivity index (χ3n) is 6.91. The average Bonchev–Trinajstić information content (AvgIpc) is 2.53. The number of hydrogen-bond acceptors (Lipinski definition) is 3. The van der Waals surface area contributed by atoms with Gasteiger partial charge in [-0.25, -0.2) is 8.42 Å². The van der Waals surface area contributed by atoms with Crippen LogP contribution >= 0.6 is 12.2 Å². The molecular formula is C20H28N2O2S2. The van der Waals surface area contributed by atoms with E-state index < -0.39 is 10.0 Å². The molecule has 26 heavy (non-hydrogen) atoms. The Morgan fingerprint density at radius 2 is 1.58 bits per heavy atom. The molecule has 4 aliphatic carbocycles. The highest BCUT2D eigenvalue weighted by atomic mass is 32.2. The number of thiocarbonyl (C=S) groups is 1. The Labute approximate surface area is 162 Å². The molecule has 4 bridgehead atoms. The first-order valence-electron chi connectivity index (χ1n) is 9.66. The van der Waals surface area contributed by atoms with Crippen LogP contribution in [0.2, 0.25) is 0 Å². The largest absolute Gasteiger partial charge is 0.359 e. The minimum absolute atomic E-state index is 0.198. The molecular weight excluding hydrogens is 364 g/mol. The van der Waals surface area contributed by atoms with E-state index in [1.54, 1.807) is 24.3 Å². The monoisotopic (exact) mass is 392 g/mol. The zero-order valence-corrected chi connectivity index (χ0v) is 17.1. The Bertz CT molecular complexity index is 766. The molecule has 142 valence electrons. The standard InChI is InChI=1S/C20H28N2O2S2/c1-13-3-5-18(6-4-13)26(23,24)22-19(25)21-14(2)20-10-15-7-16(11-20)9-17(8-15)12-20/h3-6,14-17H,7-12H2,1-2H3,(H2,21,22,25)/t14-,15?,16?,17?,20?/m0/s1. The summed E-state index contributed by atoms with van der Waals surface area (Å²) in [5.74, 6) is 2.59. The van der Waals surface area contributed by atoms with Crippen LogP contribution in [0, 0.1) is 30.1 Å². The Kier molecular flexibility index (Phi) is 4.55. The first-order valence-corrected chi connectivity index (χ1v) is 11.5. The van der Waals surface area contributed by atoms with Crippen molar-refractivity contribution in [3.8, 4) is 0 Å². The van der Waals surface area contributed by atoms with Crippen molar-refractivity contribution in [2.24, 2.45) is 23.2 Å². The van der Waals surface area contributed by atoms with E-state index >= 15 is 0 Å². The van der Waals surface area contributed by atoms with Gasteiger partial charge in [0.1, 0.15) is 0 Å². The predicted octanol–water partition coefficient (Wildman–Crippen LogP) is 3.75. The quantitative estimate of drug-likeness (QED) is 0.766. The molecule has 4 aliphatic rings. The first kappa shape index (κ1) is 18.2. The molecule has 0 saturated heterocycles. The van der Waals surface area contributed by atoms with E-state index in [1.807, 2.05) is 6.92 Å². The molecule has 0 aliphatic heterocycles. The van der Waals surface area contributed by atoms with Crippen LogP contribution in [0.1, 0.15) is 51.0 Å². The van der Waals surface area contributed by atoms with E-state index in [-0.39, 0.29) is 21.5 Å². The third-order valence-corrected chi connectivity index (χ3v) is 8.62. The summed E-state index contributed by atoms with van der Waals surface area (Å²) in [6.45, 7) is 4.11. The molecule has 0 unspecified atom stereocenters. The highest BCUT2D eigenvalue weighted by Crippen LogP contribution is 2.61. The molecule has 0 heterocycles. The van der Waals surface area contributed by atoms with Crippen molar-refractivity contribution in [2.45, 2.75) is 63.3 Å². The van der Waals surface area contributed by atoms with Crippen molar-refractivity contribution < 1.29 is 8.42 Å². The summed E-state index contributed by atoms with van der Waals surface area (Å²) >= 11 is 5.36.